The molecule has 0 aromatic heterocycles. The lowest BCUT2D eigenvalue weighted by atomic mass is 9.70. The zero-order chi connectivity index (χ0) is 16.3. The molecule has 5 heteroatoms. The van der Waals surface area contributed by atoms with E-state index in [2.05, 4.69) is 21.2 Å². The number of rotatable bonds is 4. The van der Waals surface area contributed by atoms with E-state index in [1.807, 2.05) is 38.1 Å². The molecule has 0 unspecified atom stereocenters. The summed E-state index contributed by atoms with van der Waals surface area (Å²) in [7, 11) is 0. The monoisotopic (exact) mass is 363 g/mol. The summed E-state index contributed by atoms with van der Waals surface area (Å²) in [6, 6.07) is 7.43. The van der Waals surface area contributed by atoms with Gasteiger partial charge < -0.3 is 5.32 Å². The first-order valence-corrected chi connectivity index (χ1v) is 7.86. The van der Waals surface area contributed by atoms with Crippen LogP contribution >= 0.6 is 15.9 Å². The number of benzene rings is 1. The van der Waals surface area contributed by atoms with Crippen LogP contribution in [0.2, 0.25) is 0 Å². The Morgan fingerprint density at radius 2 is 1.73 bits per heavy atom. The van der Waals surface area contributed by atoms with Crippen LogP contribution in [0, 0.1) is 11.3 Å². The molecule has 0 bridgehead atoms. The van der Waals surface area contributed by atoms with Gasteiger partial charge in [0.15, 0.2) is 17.3 Å². The van der Waals surface area contributed by atoms with E-state index in [4.69, 9.17) is 0 Å². The molecule has 2 rings (SSSR count). The summed E-state index contributed by atoms with van der Waals surface area (Å²) >= 11 is 3.34. The Labute approximate surface area is 138 Å². The molecule has 0 radical (unpaired) electrons. The van der Waals surface area contributed by atoms with Crippen LogP contribution in [0.15, 0.2) is 41.0 Å². The van der Waals surface area contributed by atoms with E-state index in [0.29, 0.717) is 0 Å². The molecule has 0 spiro atoms. The first-order valence-electron chi connectivity index (χ1n) is 7.06. The summed E-state index contributed by atoms with van der Waals surface area (Å²) < 4.78 is 0.958. The molecule has 1 aliphatic rings. The normalized spacial score (nSPS) is 18.7. The lowest BCUT2D eigenvalue weighted by Crippen LogP contribution is -2.41. The minimum atomic E-state index is -1.13. The average Bonchev–Trinajstić information content (AvgIpc) is 2.38. The molecule has 0 amide bonds. The Morgan fingerprint density at radius 1 is 1.18 bits per heavy atom. The van der Waals surface area contributed by atoms with E-state index in [-0.39, 0.29) is 29.8 Å². The van der Waals surface area contributed by atoms with Crippen molar-refractivity contribution in [3.05, 3.63) is 41.0 Å². The van der Waals surface area contributed by atoms with Crippen molar-refractivity contribution < 1.29 is 14.4 Å². The summed E-state index contributed by atoms with van der Waals surface area (Å²) in [6.07, 6.45) is 3.26. The molecule has 116 valence electrons. The summed E-state index contributed by atoms with van der Waals surface area (Å²) in [4.78, 5) is 36.2. The largest absolute Gasteiger partial charge is 0.362 e. The van der Waals surface area contributed by atoms with E-state index in [1.54, 1.807) is 0 Å². The Bertz CT molecular complexity index is 612. The molecule has 0 atom stereocenters. The second-order valence-corrected chi connectivity index (χ2v) is 7.19. The summed E-state index contributed by atoms with van der Waals surface area (Å²) in [6.45, 7) is 3.74. The molecule has 1 N–H and O–H groups in total. The number of nitrogens with one attached hydrogen (secondary N) is 1. The van der Waals surface area contributed by atoms with Crippen LogP contribution < -0.4 is 5.32 Å². The van der Waals surface area contributed by atoms with E-state index in [0.717, 1.165) is 10.2 Å². The fraction of sp³-hybridized carbons (Fsp3) is 0.353. The van der Waals surface area contributed by atoms with Gasteiger partial charge in [-0.1, -0.05) is 29.8 Å². The SMILES string of the molecule is CC1(C)CC(=O)C(C(=O)/C=C\Nc2ccc(Br)cc2)C(=O)C1. The lowest BCUT2D eigenvalue weighted by Gasteiger charge is -2.30. The number of hydrogen-bond acceptors (Lipinski definition) is 4. The first kappa shape index (κ1) is 16.6. The van der Waals surface area contributed by atoms with Crippen molar-refractivity contribution in [2.24, 2.45) is 11.3 Å². The van der Waals surface area contributed by atoms with Gasteiger partial charge in [0.05, 0.1) is 0 Å². The van der Waals surface area contributed by atoms with Gasteiger partial charge in [-0.15, -0.1) is 0 Å². The van der Waals surface area contributed by atoms with E-state index in [1.165, 1.54) is 12.3 Å². The third kappa shape index (κ3) is 4.13. The number of halogens is 1. The van der Waals surface area contributed by atoms with Gasteiger partial charge in [0.25, 0.3) is 0 Å². The first-order chi connectivity index (χ1) is 10.3. The molecule has 1 aromatic rings. The number of hydrogen-bond donors (Lipinski definition) is 1. The quantitative estimate of drug-likeness (QED) is 0.656. The maximum absolute atomic E-state index is 12.1. The minimum Gasteiger partial charge on any atom is -0.362 e. The van der Waals surface area contributed by atoms with E-state index in [9.17, 15) is 14.4 Å². The second-order valence-electron chi connectivity index (χ2n) is 6.27. The van der Waals surface area contributed by atoms with Gasteiger partial charge in [-0.2, -0.15) is 0 Å². The average molecular weight is 364 g/mol. The predicted molar refractivity (Wildman–Crippen MR) is 88.4 cm³/mol. The van der Waals surface area contributed by atoms with Crippen molar-refractivity contribution in [3.63, 3.8) is 0 Å². The predicted octanol–water partition coefficient (Wildman–Crippen LogP) is 3.52. The van der Waals surface area contributed by atoms with Crippen molar-refractivity contribution in [2.45, 2.75) is 26.7 Å². The van der Waals surface area contributed by atoms with Crippen LogP contribution in [0.1, 0.15) is 26.7 Å². The highest BCUT2D eigenvalue weighted by atomic mass is 79.9. The third-order valence-electron chi connectivity index (χ3n) is 3.58. The summed E-state index contributed by atoms with van der Waals surface area (Å²) in [5.74, 6) is -2.13. The van der Waals surface area contributed by atoms with Gasteiger partial charge in [-0.05, 0) is 35.8 Å². The Balaban J connectivity index is 1.99. The lowest BCUT2D eigenvalue weighted by molar-refractivity contribution is -0.143. The van der Waals surface area contributed by atoms with Crippen molar-refractivity contribution in [3.8, 4) is 0 Å². The fourth-order valence-corrected chi connectivity index (χ4v) is 2.83. The van der Waals surface area contributed by atoms with Crippen LogP contribution in [0.4, 0.5) is 5.69 Å². The van der Waals surface area contributed by atoms with Crippen molar-refractivity contribution >= 4 is 39.0 Å². The van der Waals surface area contributed by atoms with Gasteiger partial charge in [-0.3, -0.25) is 14.4 Å². The summed E-state index contributed by atoms with van der Waals surface area (Å²) in [5, 5.41) is 2.94. The molecule has 1 aliphatic carbocycles. The van der Waals surface area contributed by atoms with Crippen LogP contribution in [-0.4, -0.2) is 17.3 Å². The Morgan fingerprint density at radius 3 is 2.27 bits per heavy atom. The van der Waals surface area contributed by atoms with E-state index >= 15 is 0 Å². The summed E-state index contributed by atoms with van der Waals surface area (Å²) in [5.41, 5.74) is 0.472. The van der Waals surface area contributed by atoms with Gasteiger partial charge in [0.2, 0.25) is 0 Å². The van der Waals surface area contributed by atoms with E-state index < -0.39 is 11.7 Å². The zero-order valence-corrected chi connectivity index (χ0v) is 14.1. The molecule has 1 saturated carbocycles. The number of Topliss-reactive ketones (excluding diaryl/α,β-unsaturated/α-hetero) is 2. The highest BCUT2D eigenvalue weighted by Gasteiger charge is 2.42. The molecular weight excluding hydrogens is 346 g/mol. The van der Waals surface area contributed by atoms with Gasteiger partial charge >= 0.3 is 0 Å². The van der Waals surface area contributed by atoms with Gasteiger partial charge in [-0.25, -0.2) is 0 Å². The number of ketones is 3. The molecule has 0 heterocycles. The molecule has 0 saturated heterocycles. The van der Waals surface area contributed by atoms with Crippen molar-refractivity contribution in [1.29, 1.82) is 0 Å². The molecule has 0 aliphatic heterocycles. The topological polar surface area (TPSA) is 63.2 Å². The zero-order valence-electron chi connectivity index (χ0n) is 12.6. The Hall–Kier alpha value is -1.75. The number of allylic oxidation sites excluding steroid dienone is 1. The van der Waals surface area contributed by atoms with Crippen LogP contribution in [-0.2, 0) is 14.4 Å². The van der Waals surface area contributed by atoms with Crippen LogP contribution in [0.3, 0.4) is 0 Å². The van der Waals surface area contributed by atoms with Crippen molar-refractivity contribution in [2.75, 3.05) is 5.32 Å². The number of carbonyl (C=O) groups is 3. The van der Waals surface area contributed by atoms with Crippen LogP contribution in [0.5, 0.6) is 0 Å². The second kappa shape index (κ2) is 6.57. The van der Waals surface area contributed by atoms with Crippen LogP contribution in [0.25, 0.3) is 0 Å². The number of anilines is 1. The van der Waals surface area contributed by atoms with Gasteiger partial charge in [0.1, 0.15) is 5.92 Å². The highest BCUT2D eigenvalue weighted by Crippen LogP contribution is 2.34. The molecule has 1 aromatic carbocycles. The van der Waals surface area contributed by atoms with Gasteiger partial charge in [0, 0.05) is 29.2 Å². The highest BCUT2D eigenvalue weighted by molar-refractivity contribution is 9.10. The smallest absolute Gasteiger partial charge is 0.175 e. The molecule has 4 nitrogen and oxygen atoms in total. The maximum atomic E-state index is 12.1. The minimum absolute atomic E-state index is 0.267. The molecular formula is C17H18BrNO3. The molecule has 22 heavy (non-hydrogen) atoms. The maximum Gasteiger partial charge on any atom is 0.175 e. The Kier molecular flexibility index (Phi) is 4.96. The molecule has 1 fully saturated rings. The standard InChI is InChI=1S/C17H18BrNO3/c1-17(2)9-14(21)16(15(22)10-17)13(20)7-8-19-12-5-3-11(18)4-6-12/h3-8,16,19H,9-10H2,1-2H3/b8-7-. The number of carbonyl (C=O) groups excluding carboxylic acids is 3. The van der Waals surface area contributed by atoms with Crippen molar-refractivity contribution in [1.82, 2.24) is 0 Å². The fourth-order valence-electron chi connectivity index (χ4n) is 2.57. The third-order valence-corrected chi connectivity index (χ3v) is 4.10.